The Morgan fingerprint density at radius 1 is 1.00 bits per heavy atom. The van der Waals surface area contributed by atoms with Gasteiger partial charge in [-0.3, -0.25) is 0 Å². The second kappa shape index (κ2) is 6.10. The quantitative estimate of drug-likeness (QED) is 0.470. The van der Waals surface area contributed by atoms with Gasteiger partial charge >= 0.3 is 0 Å². The van der Waals surface area contributed by atoms with Crippen LogP contribution in [0.25, 0.3) is 26.9 Å². The lowest BCUT2D eigenvalue weighted by Crippen LogP contribution is -2.05. The molecule has 7 heteroatoms. The number of hydrogen-bond acceptors (Lipinski definition) is 6. The zero-order chi connectivity index (χ0) is 18.5. The van der Waals surface area contributed by atoms with Crippen molar-refractivity contribution >= 4 is 44.1 Å². The number of anilines is 2. The van der Waals surface area contributed by atoms with Crippen LogP contribution in [0.15, 0.2) is 60.2 Å². The van der Waals surface area contributed by atoms with E-state index in [4.69, 9.17) is 15.1 Å². The molecule has 1 fully saturated rings. The minimum Gasteiger partial charge on any atom is -0.324 e. The highest BCUT2D eigenvalue weighted by Gasteiger charge is 2.26. The minimum atomic E-state index is 0.557. The van der Waals surface area contributed by atoms with Gasteiger partial charge in [0.1, 0.15) is 0 Å². The van der Waals surface area contributed by atoms with Gasteiger partial charge in [-0.2, -0.15) is 10.1 Å². The van der Waals surface area contributed by atoms with Gasteiger partial charge in [0.2, 0.25) is 5.95 Å². The second-order valence-corrected chi connectivity index (χ2v) is 7.89. The topological polar surface area (TPSA) is 68.5 Å². The van der Waals surface area contributed by atoms with Gasteiger partial charge in [-0.25, -0.2) is 14.6 Å². The van der Waals surface area contributed by atoms with Crippen LogP contribution < -0.4 is 5.32 Å². The highest BCUT2D eigenvalue weighted by Crippen LogP contribution is 2.39. The summed E-state index contributed by atoms with van der Waals surface area (Å²) in [5.41, 5.74) is 5.83. The third kappa shape index (κ3) is 2.71. The molecule has 1 saturated carbocycles. The van der Waals surface area contributed by atoms with Gasteiger partial charge < -0.3 is 5.32 Å². The Morgan fingerprint density at radius 3 is 2.86 bits per heavy atom. The summed E-state index contributed by atoms with van der Waals surface area (Å²) in [6.45, 7) is 0. The van der Waals surface area contributed by atoms with Crippen molar-refractivity contribution in [2.24, 2.45) is 0 Å². The molecule has 6 rings (SSSR count). The summed E-state index contributed by atoms with van der Waals surface area (Å²) in [5.74, 6) is 1.96. The Bertz CT molecular complexity index is 1320. The number of nitrogens with zero attached hydrogens (tertiary/aromatic N) is 5. The SMILES string of the molecule is c1ccc2c(-n3ccc(C4CC4)n3)nc(Nc3ccc4ncsc4c3)nc2c1. The normalized spacial score (nSPS) is 14.0. The van der Waals surface area contributed by atoms with E-state index in [1.807, 2.05) is 52.8 Å². The lowest BCUT2D eigenvalue weighted by atomic mass is 10.2. The Kier molecular flexibility index (Phi) is 3.42. The molecule has 1 aliphatic carbocycles. The molecule has 0 atom stereocenters. The molecule has 0 unspecified atom stereocenters. The van der Waals surface area contributed by atoms with Crippen LogP contribution in [0.2, 0.25) is 0 Å². The smallest absolute Gasteiger partial charge is 0.229 e. The molecule has 28 heavy (non-hydrogen) atoms. The zero-order valence-electron chi connectivity index (χ0n) is 14.9. The Hall–Kier alpha value is -3.32. The van der Waals surface area contributed by atoms with E-state index >= 15 is 0 Å². The van der Waals surface area contributed by atoms with Gasteiger partial charge in [0.05, 0.1) is 26.9 Å². The van der Waals surface area contributed by atoms with Crippen molar-refractivity contribution < 1.29 is 0 Å². The average molecular weight is 384 g/mol. The second-order valence-electron chi connectivity index (χ2n) is 7.01. The Morgan fingerprint density at radius 2 is 1.93 bits per heavy atom. The summed E-state index contributed by atoms with van der Waals surface area (Å²) < 4.78 is 3.00. The molecule has 2 aromatic carbocycles. The maximum absolute atomic E-state index is 4.79. The zero-order valence-corrected chi connectivity index (χ0v) is 15.7. The van der Waals surface area contributed by atoms with Crippen LogP contribution in [-0.2, 0) is 0 Å². The molecule has 0 saturated heterocycles. The molecule has 136 valence electrons. The molecule has 0 spiro atoms. The first-order chi connectivity index (χ1) is 13.8. The van der Waals surface area contributed by atoms with Gasteiger partial charge in [0.25, 0.3) is 0 Å². The molecule has 5 aromatic rings. The number of para-hydroxylation sites is 1. The molecule has 6 nitrogen and oxygen atoms in total. The monoisotopic (exact) mass is 384 g/mol. The van der Waals surface area contributed by atoms with E-state index in [1.54, 1.807) is 11.3 Å². The fraction of sp³-hybridized carbons (Fsp3) is 0.143. The molecular formula is C21H16N6S. The number of rotatable bonds is 4. The van der Waals surface area contributed by atoms with Crippen molar-refractivity contribution in [3.05, 3.63) is 65.9 Å². The maximum Gasteiger partial charge on any atom is 0.229 e. The van der Waals surface area contributed by atoms with E-state index in [-0.39, 0.29) is 0 Å². The van der Waals surface area contributed by atoms with Crippen LogP contribution in [0.1, 0.15) is 24.5 Å². The third-order valence-electron chi connectivity index (χ3n) is 4.99. The summed E-state index contributed by atoms with van der Waals surface area (Å²) in [5, 5.41) is 9.10. The molecule has 1 N–H and O–H groups in total. The molecule has 0 amide bonds. The van der Waals surface area contributed by atoms with Crippen molar-refractivity contribution in [1.29, 1.82) is 0 Å². The summed E-state index contributed by atoms with van der Waals surface area (Å²) in [6, 6.07) is 16.2. The first-order valence-corrected chi connectivity index (χ1v) is 10.1. The first kappa shape index (κ1) is 15.7. The third-order valence-corrected chi connectivity index (χ3v) is 5.78. The fourth-order valence-electron chi connectivity index (χ4n) is 3.41. The van der Waals surface area contributed by atoms with Gasteiger partial charge in [0, 0.05) is 23.2 Å². The maximum atomic E-state index is 4.79. The standard InChI is InChI=1S/C21H16N6S/c1-2-4-17-15(3-1)20(27-10-9-16(26-27)13-5-6-13)25-21(24-17)23-14-7-8-18-19(11-14)28-12-22-18/h1-4,7-13H,5-6H2,(H,23,24,25). The van der Waals surface area contributed by atoms with E-state index in [2.05, 4.69) is 22.4 Å². The highest BCUT2D eigenvalue weighted by molar-refractivity contribution is 7.16. The Labute approximate surface area is 164 Å². The molecular weight excluding hydrogens is 368 g/mol. The van der Waals surface area contributed by atoms with Crippen LogP contribution in [0.4, 0.5) is 11.6 Å². The van der Waals surface area contributed by atoms with Crippen LogP contribution in [-0.4, -0.2) is 24.7 Å². The molecule has 1 aliphatic rings. The molecule has 0 aliphatic heterocycles. The first-order valence-electron chi connectivity index (χ1n) is 9.26. The van der Waals surface area contributed by atoms with Gasteiger partial charge in [0.15, 0.2) is 5.82 Å². The van der Waals surface area contributed by atoms with Crippen LogP contribution in [0, 0.1) is 0 Å². The Balaban J connectivity index is 1.45. The molecule has 0 radical (unpaired) electrons. The number of thiazole rings is 1. The fourth-order valence-corrected chi connectivity index (χ4v) is 4.12. The van der Waals surface area contributed by atoms with Crippen molar-refractivity contribution in [3.63, 3.8) is 0 Å². The highest BCUT2D eigenvalue weighted by atomic mass is 32.1. The van der Waals surface area contributed by atoms with Crippen molar-refractivity contribution in [2.45, 2.75) is 18.8 Å². The number of benzene rings is 2. The van der Waals surface area contributed by atoms with Crippen molar-refractivity contribution in [1.82, 2.24) is 24.7 Å². The average Bonchev–Trinajstić information content (AvgIpc) is 3.26. The largest absolute Gasteiger partial charge is 0.324 e. The van der Waals surface area contributed by atoms with E-state index in [9.17, 15) is 0 Å². The predicted molar refractivity (Wildman–Crippen MR) is 112 cm³/mol. The van der Waals surface area contributed by atoms with E-state index in [0.29, 0.717) is 11.9 Å². The lowest BCUT2D eigenvalue weighted by molar-refractivity contribution is 0.818. The number of nitrogens with one attached hydrogen (secondary N) is 1. The molecule has 3 heterocycles. The van der Waals surface area contributed by atoms with E-state index in [1.165, 1.54) is 12.8 Å². The number of fused-ring (bicyclic) bond motifs is 2. The van der Waals surface area contributed by atoms with E-state index < -0.39 is 0 Å². The van der Waals surface area contributed by atoms with Crippen molar-refractivity contribution in [3.8, 4) is 5.82 Å². The van der Waals surface area contributed by atoms with Crippen LogP contribution in [0.3, 0.4) is 0 Å². The summed E-state index contributed by atoms with van der Waals surface area (Å²) in [7, 11) is 0. The summed E-state index contributed by atoms with van der Waals surface area (Å²) in [6.07, 6.45) is 4.46. The van der Waals surface area contributed by atoms with Gasteiger partial charge in [-0.15, -0.1) is 11.3 Å². The predicted octanol–water partition coefficient (Wildman–Crippen LogP) is 5.05. The van der Waals surface area contributed by atoms with E-state index in [0.717, 1.165) is 38.3 Å². The number of hydrogen-bond donors (Lipinski definition) is 1. The number of aromatic nitrogens is 5. The van der Waals surface area contributed by atoms with Crippen LogP contribution in [0.5, 0.6) is 0 Å². The molecule has 0 bridgehead atoms. The summed E-state index contributed by atoms with van der Waals surface area (Å²) >= 11 is 1.62. The summed E-state index contributed by atoms with van der Waals surface area (Å²) in [4.78, 5) is 13.8. The minimum absolute atomic E-state index is 0.557. The molecule has 3 aromatic heterocycles. The van der Waals surface area contributed by atoms with Gasteiger partial charge in [-0.1, -0.05) is 12.1 Å². The lowest BCUT2D eigenvalue weighted by Gasteiger charge is -2.10. The van der Waals surface area contributed by atoms with Gasteiger partial charge in [-0.05, 0) is 49.2 Å². The van der Waals surface area contributed by atoms with Crippen molar-refractivity contribution in [2.75, 3.05) is 5.32 Å². The van der Waals surface area contributed by atoms with Crippen LogP contribution >= 0.6 is 11.3 Å².